The minimum absolute atomic E-state index is 0.108. The van der Waals surface area contributed by atoms with Gasteiger partial charge < -0.3 is 5.73 Å². The first-order valence-corrected chi connectivity index (χ1v) is 7.94. The lowest BCUT2D eigenvalue weighted by molar-refractivity contribution is 0.591. The number of rotatable bonds is 5. The molecule has 0 unspecified atom stereocenters. The number of thiazole rings is 1. The molecule has 2 nitrogen and oxygen atoms in total. The van der Waals surface area contributed by atoms with Crippen molar-refractivity contribution in [2.75, 3.05) is 5.75 Å². The average molecular weight is 278 g/mol. The molecule has 0 saturated heterocycles. The predicted molar refractivity (Wildman–Crippen MR) is 82.0 cm³/mol. The SMILES string of the molecule is CC(C)(N)CSCc1csc(-c2ccccc2)n1. The van der Waals surface area contributed by atoms with Crippen LogP contribution in [0.1, 0.15) is 19.5 Å². The topological polar surface area (TPSA) is 38.9 Å². The largest absolute Gasteiger partial charge is 0.325 e. The Morgan fingerprint density at radius 3 is 2.67 bits per heavy atom. The number of benzene rings is 1. The van der Waals surface area contributed by atoms with E-state index in [0.29, 0.717) is 0 Å². The van der Waals surface area contributed by atoms with Crippen LogP contribution in [-0.2, 0) is 5.75 Å². The van der Waals surface area contributed by atoms with Crippen molar-refractivity contribution in [2.24, 2.45) is 5.73 Å². The van der Waals surface area contributed by atoms with Crippen molar-refractivity contribution in [3.8, 4) is 10.6 Å². The minimum atomic E-state index is -0.108. The Bertz CT molecular complexity index is 486. The van der Waals surface area contributed by atoms with Crippen LogP contribution in [0.25, 0.3) is 10.6 Å². The van der Waals surface area contributed by atoms with Crippen LogP contribution in [0.5, 0.6) is 0 Å². The zero-order valence-electron chi connectivity index (χ0n) is 10.7. The van der Waals surface area contributed by atoms with Crippen LogP contribution in [0.15, 0.2) is 35.7 Å². The first-order valence-electron chi connectivity index (χ1n) is 5.91. The van der Waals surface area contributed by atoms with Gasteiger partial charge in [-0.15, -0.1) is 11.3 Å². The van der Waals surface area contributed by atoms with E-state index in [0.717, 1.165) is 22.2 Å². The van der Waals surface area contributed by atoms with E-state index in [1.54, 1.807) is 11.3 Å². The molecular formula is C14H18N2S2. The van der Waals surface area contributed by atoms with Gasteiger partial charge in [0.1, 0.15) is 5.01 Å². The summed E-state index contributed by atoms with van der Waals surface area (Å²) < 4.78 is 0. The molecule has 96 valence electrons. The Balaban J connectivity index is 1.95. The van der Waals surface area contributed by atoms with Crippen molar-refractivity contribution >= 4 is 23.1 Å². The lowest BCUT2D eigenvalue weighted by Gasteiger charge is -2.16. The number of nitrogens with two attached hydrogens (primary N) is 1. The summed E-state index contributed by atoms with van der Waals surface area (Å²) in [5, 5.41) is 3.23. The Labute approximate surface area is 117 Å². The normalized spacial score (nSPS) is 11.7. The highest BCUT2D eigenvalue weighted by Crippen LogP contribution is 2.25. The molecule has 2 aromatic rings. The van der Waals surface area contributed by atoms with Crippen molar-refractivity contribution in [3.63, 3.8) is 0 Å². The summed E-state index contributed by atoms with van der Waals surface area (Å²) in [5.74, 6) is 1.88. The van der Waals surface area contributed by atoms with Gasteiger partial charge in [-0.2, -0.15) is 11.8 Å². The molecule has 1 heterocycles. The van der Waals surface area contributed by atoms with Crippen LogP contribution in [-0.4, -0.2) is 16.3 Å². The third-order valence-electron chi connectivity index (χ3n) is 2.30. The highest BCUT2D eigenvalue weighted by molar-refractivity contribution is 7.98. The Hall–Kier alpha value is -0.840. The van der Waals surface area contributed by atoms with E-state index in [1.165, 1.54) is 5.56 Å². The summed E-state index contributed by atoms with van der Waals surface area (Å²) in [6.07, 6.45) is 0. The molecule has 0 aliphatic heterocycles. The van der Waals surface area contributed by atoms with E-state index in [4.69, 9.17) is 5.73 Å². The molecule has 2 N–H and O–H groups in total. The van der Waals surface area contributed by atoms with Crippen LogP contribution in [0.3, 0.4) is 0 Å². The molecule has 0 fully saturated rings. The molecule has 1 aromatic heterocycles. The number of aromatic nitrogens is 1. The molecule has 0 bridgehead atoms. The van der Waals surface area contributed by atoms with Crippen molar-refractivity contribution in [1.29, 1.82) is 0 Å². The van der Waals surface area contributed by atoms with Gasteiger partial charge >= 0.3 is 0 Å². The van der Waals surface area contributed by atoms with E-state index in [1.807, 2.05) is 30.0 Å². The summed E-state index contributed by atoms with van der Waals surface area (Å²) in [5.41, 5.74) is 8.19. The third-order valence-corrected chi connectivity index (χ3v) is 4.68. The smallest absolute Gasteiger partial charge is 0.123 e. The van der Waals surface area contributed by atoms with E-state index < -0.39 is 0 Å². The van der Waals surface area contributed by atoms with Gasteiger partial charge in [-0.1, -0.05) is 30.3 Å². The van der Waals surface area contributed by atoms with Crippen LogP contribution in [0, 0.1) is 0 Å². The van der Waals surface area contributed by atoms with Crippen molar-refractivity contribution < 1.29 is 0 Å². The highest BCUT2D eigenvalue weighted by atomic mass is 32.2. The average Bonchev–Trinajstić information content (AvgIpc) is 2.77. The molecule has 0 aliphatic rings. The molecular weight excluding hydrogens is 260 g/mol. The fourth-order valence-electron chi connectivity index (χ4n) is 1.51. The maximum absolute atomic E-state index is 5.96. The summed E-state index contributed by atoms with van der Waals surface area (Å²) >= 11 is 3.55. The molecule has 1 aromatic carbocycles. The summed E-state index contributed by atoms with van der Waals surface area (Å²) in [6.45, 7) is 4.10. The van der Waals surface area contributed by atoms with Gasteiger partial charge in [-0.25, -0.2) is 4.98 Å². The van der Waals surface area contributed by atoms with Gasteiger partial charge in [0.05, 0.1) is 5.69 Å². The number of hydrogen-bond donors (Lipinski definition) is 1. The van der Waals surface area contributed by atoms with E-state index in [2.05, 4.69) is 36.3 Å². The number of nitrogens with zero attached hydrogens (tertiary/aromatic N) is 1. The van der Waals surface area contributed by atoms with E-state index in [-0.39, 0.29) is 5.54 Å². The van der Waals surface area contributed by atoms with E-state index >= 15 is 0 Å². The van der Waals surface area contributed by atoms with E-state index in [9.17, 15) is 0 Å². The van der Waals surface area contributed by atoms with Gasteiger partial charge in [0.25, 0.3) is 0 Å². The molecule has 0 aliphatic carbocycles. The first-order chi connectivity index (χ1) is 8.54. The third kappa shape index (κ3) is 4.12. The fraction of sp³-hybridized carbons (Fsp3) is 0.357. The quantitative estimate of drug-likeness (QED) is 0.904. The van der Waals surface area contributed by atoms with Crippen LogP contribution < -0.4 is 5.73 Å². The van der Waals surface area contributed by atoms with Crippen LogP contribution >= 0.6 is 23.1 Å². The maximum Gasteiger partial charge on any atom is 0.123 e. The van der Waals surface area contributed by atoms with Crippen molar-refractivity contribution in [1.82, 2.24) is 4.98 Å². The molecule has 4 heteroatoms. The summed E-state index contributed by atoms with van der Waals surface area (Å²) in [4.78, 5) is 4.66. The molecule has 0 spiro atoms. The van der Waals surface area contributed by atoms with Gasteiger partial charge in [0.2, 0.25) is 0 Å². The monoisotopic (exact) mass is 278 g/mol. The predicted octanol–water partition coefficient (Wildman–Crippen LogP) is 3.78. The number of thioether (sulfide) groups is 1. The van der Waals surface area contributed by atoms with Crippen LogP contribution in [0.2, 0.25) is 0 Å². The fourth-order valence-corrected chi connectivity index (χ4v) is 3.42. The first kappa shape index (κ1) is 13.6. The number of hydrogen-bond acceptors (Lipinski definition) is 4. The van der Waals surface area contributed by atoms with Gasteiger partial charge in [-0.05, 0) is 13.8 Å². The maximum atomic E-state index is 5.96. The van der Waals surface area contributed by atoms with Crippen LogP contribution in [0.4, 0.5) is 0 Å². The molecule has 0 atom stereocenters. The Kier molecular flexibility index (Phi) is 4.43. The second-order valence-electron chi connectivity index (χ2n) is 4.99. The van der Waals surface area contributed by atoms with Gasteiger partial charge in [-0.3, -0.25) is 0 Å². The summed E-state index contributed by atoms with van der Waals surface area (Å²) in [7, 11) is 0. The lowest BCUT2D eigenvalue weighted by Crippen LogP contribution is -2.34. The molecule has 18 heavy (non-hydrogen) atoms. The Morgan fingerprint density at radius 1 is 1.28 bits per heavy atom. The minimum Gasteiger partial charge on any atom is -0.325 e. The molecule has 0 radical (unpaired) electrons. The van der Waals surface area contributed by atoms with Crippen molar-refractivity contribution in [3.05, 3.63) is 41.4 Å². The van der Waals surface area contributed by atoms with Crippen molar-refractivity contribution in [2.45, 2.75) is 25.1 Å². The van der Waals surface area contributed by atoms with Gasteiger partial charge in [0.15, 0.2) is 0 Å². The molecule has 2 rings (SSSR count). The second kappa shape index (κ2) is 5.87. The zero-order chi connectivity index (χ0) is 13.0. The zero-order valence-corrected chi connectivity index (χ0v) is 12.4. The summed E-state index contributed by atoms with van der Waals surface area (Å²) in [6, 6.07) is 10.3. The highest BCUT2D eigenvalue weighted by Gasteiger charge is 2.11. The van der Waals surface area contributed by atoms with Gasteiger partial charge in [0, 0.05) is 28.0 Å². The standard InChI is InChI=1S/C14H18N2S2/c1-14(2,15)10-17-8-12-9-18-13(16-12)11-6-4-3-5-7-11/h3-7,9H,8,10,15H2,1-2H3. The molecule has 0 amide bonds. The Morgan fingerprint density at radius 2 is 2.00 bits per heavy atom. The second-order valence-corrected chi connectivity index (χ2v) is 6.84. The molecule has 0 saturated carbocycles. The lowest BCUT2D eigenvalue weighted by atomic mass is 10.1.